The zero-order valence-electron chi connectivity index (χ0n) is 8.27. The molecule has 3 nitrogen and oxygen atoms in total. The van der Waals surface area contributed by atoms with E-state index in [1.54, 1.807) is 6.20 Å². The Labute approximate surface area is 79.6 Å². The van der Waals surface area contributed by atoms with Crippen molar-refractivity contribution in [1.82, 2.24) is 9.88 Å². The molecule has 1 aromatic heterocycles. The van der Waals surface area contributed by atoms with Crippen molar-refractivity contribution in [2.75, 3.05) is 20.6 Å². The van der Waals surface area contributed by atoms with Gasteiger partial charge in [-0.25, -0.2) is 0 Å². The largest absolute Gasteiger partial charge is 0.329 e. The van der Waals surface area contributed by atoms with E-state index in [4.69, 9.17) is 5.73 Å². The van der Waals surface area contributed by atoms with E-state index in [9.17, 15) is 0 Å². The predicted octanol–water partition coefficient (Wildman–Crippen LogP) is 0.513. The number of hydrogen-bond donors (Lipinski definition) is 1. The maximum atomic E-state index is 5.66. The fraction of sp³-hybridized carbons (Fsp3) is 0.500. The summed E-state index contributed by atoms with van der Waals surface area (Å²) in [6.07, 6.45) is 4.65. The van der Waals surface area contributed by atoms with E-state index in [1.165, 1.54) is 5.56 Å². The summed E-state index contributed by atoms with van der Waals surface area (Å²) in [5, 5.41) is 0. The first kappa shape index (κ1) is 10.2. The number of likely N-dealkylation sites (N-methyl/N-ethyl adjacent to an activating group) is 1. The van der Waals surface area contributed by atoms with Gasteiger partial charge >= 0.3 is 0 Å². The molecule has 0 bridgehead atoms. The standard InChI is InChI=1S/C10H17N3/c1-13(2)10(7-11)6-9-4-3-5-12-8-9/h3-5,8,10H,6-7,11H2,1-2H3. The lowest BCUT2D eigenvalue weighted by Gasteiger charge is -2.22. The fourth-order valence-corrected chi connectivity index (χ4v) is 1.27. The third-order valence-corrected chi connectivity index (χ3v) is 2.20. The van der Waals surface area contributed by atoms with Crippen LogP contribution in [0.15, 0.2) is 24.5 Å². The Hall–Kier alpha value is -0.930. The van der Waals surface area contributed by atoms with Gasteiger partial charge in [0, 0.05) is 25.0 Å². The quantitative estimate of drug-likeness (QED) is 0.732. The average molecular weight is 179 g/mol. The Morgan fingerprint density at radius 3 is 2.77 bits per heavy atom. The molecular weight excluding hydrogens is 162 g/mol. The van der Waals surface area contributed by atoms with Gasteiger partial charge in [-0.1, -0.05) is 6.07 Å². The molecule has 0 aliphatic rings. The van der Waals surface area contributed by atoms with Gasteiger partial charge in [0.1, 0.15) is 0 Å². The van der Waals surface area contributed by atoms with Crippen molar-refractivity contribution in [2.45, 2.75) is 12.5 Å². The Morgan fingerprint density at radius 1 is 1.54 bits per heavy atom. The second-order valence-corrected chi connectivity index (χ2v) is 3.42. The van der Waals surface area contributed by atoms with Crippen molar-refractivity contribution in [3.8, 4) is 0 Å². The summed E-state index contributed by atoms with van der Waals surface area (Å²) in [6.45, 7) is 0.682. The van der Waals surface area contributed by atoms with Crippen LogP contribution in [0.3, 0.4) is 0 Å². The van der Waals surface area contributed by atoms with Gasteiger partial charge in [-0.05, 0) is 32.1 Å². The van der Waals surface area contributed by atoms with Crippen molar-refractivity contribution in [2.24, 2.45) is 5.73 Å². The van der Waals surface area contributed by atoms with Gasteiger partial charge in [0.15, 0.2) is 0 Å². The number of aromatic nitrogens is 1. The first-order chi connectivity index (χ1) is 6.24. The van der Waals surface area contributed by atoms with Crippen molar-refractivity contribution >= 4 is 0 Å². The molecule has 0 aliphatic heterocycles. The first-order valence-corrected chi connectivity index (χ1v) is 4.49. The van der Waals surface area contributed by atoms with Gasteiger partial charge in [-0.3, -0.25) is 4.98 Å². The summed E-state index contributed by atoms with van der Waals surface area (Å²) >= 11 is 0. The van der Waals surface area contributed by atoms with Crippen LogP contribution in [-0.4, -0.2) is 36.6 Å². The highest BCUT2D eigenvalue weighted by molar-refractivity contribution is 5.10. The number of rotatable bonds is 4. The van der Waals surface area contributed by atoms with E-state index in [0.717, 1.165) is 6.42 Å². The molecule has 0 spiro atoms. The normalized spacial score (nSPS) is 13.2. The molecule has 2 N–H and O–H groups in total. The summed E-state index contributed by atoms with van der Waals surface area (Å²) in [7, 11) is 4.10. The maximum Gasteiger partial charge on any atom is 0.0300 e. The molecule has 72 valence electrons. The topological polar surface area (TPSA) is 42.1 Å². The van der Waals surface area contributed by atoms with E-state index < -0.39 is 0 Å². The summed E-state index contributed by atoms with van der Waals surface area (Å²) in [6, 6.07) is 4.45. The van der Waals surface area contributed by atoms with Crippen molar-refractivity contribution < 1.29 is 0 Å². The zero-order valence-corrected chi connectivity index (χ0v) is 8.27. The Balaban J connectivity index is 2.57. The minimum Gasteiger partial charge on any atom is -0.329 e. The van der Waals surface area contributed by atoms with Gasteiger partial charge in [0.2, 0.25) is 0 Å². The third kappa shape index (κ3) is 3.13. The first-order valence-electron chi connectivity index (χ1n) is 4.49. The van der Waals surface area contributed by atoms with Crippen LogP contribution in [-0.2, 0) is 6.42 Å². The second-order valence-electron chi connectivity index (χ2n) is 3.42. The highest BCUT2D eigenvalue weighted by Crippen LogP contribution is 2.03. The van der Waals surface area contributed by atoms with Crippen LogP contribution in [0.2, 0.25) is 0 Å². The van der Waals surface area contributed by atoms with Gasteiger partial charge < -0.3 is 10.6 Å². The van der Waals surface area contributed by atoms with E-state index in [0.29, 0.717) is 12.6 Å². The number of nitrogens with zero attached hydrogens (tertiary/aromatic N) is 2. The van der Waals surface area contributed by atoms with E-state index in [2.05, 4.69) is 16.0 Å². The van der Waals surface area contributed by atoms with Crippen LogP contribution in [0.25, 0.3) is 0 Å². The molecule has 1 unspecified atom stereocenters. The van der Waals surface area contributed by atoms with Crippen LogP contribution in [0.5, 0.6) is 0 Å². The van der Waals surface area contributed by atoms with Crippen LogP contribution in [0.4, 0.5) is 0 Å². The van der Waals surface area contributed by atoms with Crippen molar-refractivity contribution in [1.29, 1.82) is 0 Å². The summed E-state index contributed by atoms with van der Waals surface area (Å²) < 4.78 is 0. The minimum absolute atomic E-state index is 0.407. The summed E-state index contributed by atoms with van der Waals surface area (Å²) in [4.78, 5) is 6.22. The molecule has 0 fully saturated rings. The van der Waals surface area contributed by atoms with E-state index >= 15 is 0 Å². The lowest BCUT2D eigenvalue weighted by atomic mass is 10.1. The summed E-state index contributed by atoms with van der Waals surface area (Å²) in [5.41, 5.74) is 6.90. The molecule has 1 rings (SSSR count). The average Bonchev–Trinajstić information content (AvgIpc) is 2.15. The van der Waals surface area contributed by atoms with Crippen LogP contribution >= 0.6 is 0 Å². The predicted molar refractivity (Wildman–Crippen MR) is 54.5 cm³/mol. The van der Waals surface area contributed by atoms with Crippen molar-refractivity contribution in [3.05, 3.63) is 30.1 Å². The molecule has 0 amide bonds. The Morgan fingerprint density at radius 2 is 2.31 bits per heavy atom. The van der Waals surface area contributed by atoms with Gasteiger partial charge in [0.05, 0.1) is 0 Å². The number of nitrogens with two attached hydrogens (primary N) is 1. The smallest absolute Gasteiger partial charge is 0.0300 e. The SMILES string of the molecule is CN(C)C(CN)Cc1cccnc1. The maximum absolute atomic E-state index is 5.66. The molecule has 13 heavy (non-hydrogen) atoms. The van der Waals surface area contributed by atoms with Crippen molar-refractivity contribution in [3.63, 3.8) is 0 Å². The monoisotopic (exact) mass is 179 g/mol. The van der Waals surface area contributed by atoms with E-state index in [1.807, 2.05) is 26.4 Å². The molecule has 0 radical (unpaired) electrons. The molecule has 0 aliphatic carbocycles. The molecule has 0 aromatic carbocycles. The highest BCUT2D eigenvalue weighted by atomic mass is 15.1. The molecule has 1 atom stereocenters. The third-order valence-electron chi connectivity index (χ3n) is 2.20. The molecule has 0 saturated carbocycles. The molecule has 1 heterocycles. The van der Waals surface area contributed by atoms with Gasteiger partial charge in [0.25, 0.3) is 0 Å². The number of pyridine rings is 1. The van der Waals surface area contributed by atoms with Crippen LogP contribution < -0.4 is 5.73 Å². The highest BCUT2D eigenvalue weighted by Gasteiger charge is 2.09. The molecule has 3 heteroatoms. The minimum atomic E-state index is 0.407. The fourth-order valence-electron chi connectivity index (χ4n) is 1.27. The lowest BCUT2D eigenvalue weighted by Crippen LogP contribution is -2.36. The summed E-state index contributed by atoms with van der Waals surface area (Å²) in [5.74, 6) is 0. The van der Waals surface area contributed by atoms with E-state index in [-0.39, 0.29) is 0 Å². The number of hydrogen-bond acceptors (Lipinski definition) is 3. The lowest BCUT2D eigenvalue weighted by molar-refractivity contribution is 0.297. The van der Waals surface area contributed by atoms with Crippen LogP contribution in [0, 0.1) is 0 Å². The van der Waals surface area contributed by atoms with Crippen LogP contribution in [0.1, 0.15) is 5.56 Å². The van der Waals surface area contributed by atoms with Gasteiger partial charge in [-0.15, -0.1) is 0 Å². The zero-order chi connectivity index (χ0) is 9.68. The Kier molecular flexibility index (Phi) is 3.86. The second kappa shape index (κ2) is 4.94. The molecular formula is C10H17N3. The molecule has 1 aromatic rings. The Bertz CT molecular complexity index is 233. The molecule has 0 saturated heterocycles. The van der Waals surface area contributed by atoms with Gasteiger partial charge in [-0.2, -0.15) is 0 Å².